The van der Waals surface area contributed by atoms with E-state index in [-0.39, 0.29) is 5.41 Å². The quantitative estimate of drug-likeness (QED) is 0.246. The Morgan fingerprint density at radius 3 is 2.05 bits per heavy atom. The van der Waals surface area contributed by atoms with Crippen LogP contribution in [0.5, 0.6) is 0 Å². The minimum absolute atomic E-state index is 0.210. The van der Waals surface area contributed by atoms with Crippen molar-refractivity contribution in [3.8, 4) is 22.5 Å². The van der Waals surface area contributed by atoms with Crippen molar-refractivity contribution in [1.82, 2.24) is 14.1 Å². The van der Waals surface area contributed by atoms with Crippen molar-refractivity contribution in [2.75, 3.05) is 0 Å². The zero-order chi connectivity index (χ0) is 24.7. The molecule has 3 heteroatoms. The maximum absolute atomic E-state index is 4.85. The summed E-state index contributed by atoms with van der Waals surface area (Å²) in [5.74, 6) is 0. The molecule has 0 N–H and O–H groups in total. The lowest BCUT2D eigenvalue weighted by Gasteiger charge is -2.23. The molecule has 3 aromatic heterocycles. The third-order valence-corrected chi connectivity index (χ3v) is 8.06. The van der Waals surface area contributed by atoms with Crippen molar-refractivity contribution in [2.24, 2.45) is 0 Å². The summed E-state index contributed by atoms with van der Waals surface area (Å²) in [5.41, 5.74) is 10.9. The molecule has 176 valence electrons. The molecule has 8 rings (SSSR count). The van der Waals surface area contributed by atoms with Crippen molar-refractivity contribution in [3.63, 3.8) is 0 Å². The van der Waals surface area contributed by atoms with Crippen molar-refractivity contribution < 1.29 is 0 Å². The number of hydrogen-bond acceptors (Lipinski definition) is 1. The minimum atomic E-state index is -0.210. The summed E-state index contributed by atoms with van der Waals surface area (Å²) in [6, 6.07) is 39.4. The molecule has 0 fully saturated rings. The van der Waals surface area contributed by atoms with Gasteiger partial charge < -0.3 is 9.13 Å². The van der Waals surface area contributed by atoms with Gasteiger partial charge in [0.05, 0.1) is 22.2 Å². The highest BCUT2D eigenvalue weighted by Gasteiger charge is 2.42. The maximum atomic E-state index is 4.85. The monoisotopic (exact) mass is 475 g/mol. The van der Waals surface area contributed by atoms with Crippen molar-refractivity contribution in [1.29, 1.82) is 0 Å². The third-order valence-electron chi connectivity index (χ3n) is 8.06. The summed E-state index contributed by atoms with van der Waals surface area (Å²) < 4.78 is 4.84. The van der Waals surface area contributed by atoms with E-state index in [1.165, 1.54) is 60.9 Å². The predicted octanol–water partition coefficient (Wildman–Crippen LogP) is 8.43. The molecular weight excluding hydrogens is 450 g/mol. The number of fused-ring (bicyclic) bond motifs is 8. The summed E-state index contributed by atoms with van der Waals surface area (Å²) in [4.78, 5) is 4.85. The van der Waals surface area contributed by atoms with Crippen LogP contribution in [0.3, 0.4) is 0 Å². The molecule has 0 unspecified atom stereocenters. The molecule has 3 nitrogen and oxygen atoms in total. The van der Waals surface area contributed by atoms with E-state index in [2.05, 4.69) is 132 Å². The average Bonchev–Trinajstić information content (AvgIpc) is 3.54. The van der Waals surface area contributed by atoms with Crippen LogP contribution in [-0.4, -0.2) is 14.1 Å². The molecule has 0 bridgehead atoms. The molecule has 0 saturated carbocycles. The second-order valence-corrected chi connectivity index (χ2v) is 10.5. The highest BCUT2D eigenvalue weighted by atomic mass is 15.0. The molecule has 1 aliphatic carbocycles. The van der Waals surface area contributed by atoms with Gasteiger partial charge in [-0.05, 0) is 62.4 Å². The Morgan fingerprint density at radius 2 is 1.24 bits per heavy atom. The van der Waals surface area contributed by atoms with E-state index >= 15 is 0 Å². The molecule has 0 radical (unpaired) electrons. The molecule has 3 heterocycles. The van der Waals surface area contributed by atoms with Gasteiger partial charge in [0.1, 0.15) is 0 Å². The first-order valence-corrected chi connectivity index (χ1v) is 12.8. The van der Waals surface area contributed by atoms with Crippen LogP contribution < -0.4 is 0 Å². The fourth-order valence-electron chi connectivity index (χ4n) is 6.55. The molecule has 0 amide bonds. The Kier molecular flexibility index (Phi) is 4.00. The van der Waals surface area contributed by atoms with Crippen LogP contribution in [0.4, 0.5) is 0 Å². The molecule has 0 atom stereocenters. The Bertz CT molecular complexity index is 2000. The van der Waals surface area contributed by atoms with Gasteiger partial charge in [-0.15, -0.1) is 0 Å². The van der Waals surface area contributed by atoms with Crippen molar-refractivity contribution in [3.05, 3.63) is 127 Å². The number of rotatable bonds is 2. The number of pyridine rings is 1. The zero-order valence-electron chi connectivity index (χ0n) is 20.8. The van der Waals surface area contributed by atoms with Gasteiger partial charge in [0.25, 0.3) is 0 Å². The van der Waals surface area contributed by atoms with E-state index < -0.39 is 0 Å². The fourth-order valence-corrected chi connectivity index (χ4v) is 6.55. The van der Waals surface area contributed by atoms with Crippen molar-refractivity contribution in [2.45, 2.75) is 19.3 Å². The highest BCUT2D eigenvalue weighted by molar-refractivity contribution is 6.10. The Morgan fingerprint density at radius 1 is 0.568 bits per heavy atom. The normalized spacial score (nSPS) is 13.9. The number of aromatic nitrogens is 3. The van der Waals surface area contributed by atoms with Crippen LogP contribution in [-0.2, 0) is 5.41 Å². The summed E-state index contributed by atoms with van der Waals surface area (Å²) in [7, 11) is 0. The fraction of sp³-hybridized carbons (Fsp3) is 0.0882. The Hall–Kier alpha value is -4.63. The summed E-state index contributed by atoms with van der Waals surface area (Å²) in [6.07, 6.45) is 1.92. The van der Waals surface area contributed by atoms with Crippen LogP contribution in [0, 0.1) is 0 Å². The van der Waals surface area contributed by atoms with Gasteiger partial charge in [-0.3, -0.25) is 4.98 Å². The van der Waals surface area contributed by atoms with Crippen LogP contribution >= 0.6 is 0 Å². The molecule has 1 aliphatic rings. The Labute approximate surface area is 215 Å². The molecule has 0 saturated heterocycles. The molecule has 4 aromatic carbocycles. The van der Waals surface area contributed by atoms with Crippen LogP contribution in [0.15, 0.2) is 115 Å². The second kappa shape index (κ2) is 7.21. The zero-order valence-corrected chi connectivity index (χ0v) is 20.8. The van der Waals surface area contributed by atoms with Crippen LogP contribution in [0.25, 0.3) is 55.2 Å². The van der Waals surface area contributed by atoms with Gasteiger partial charge >= 0.3 is 0 Å². The van der Waals surface area contributed by atoms with Gasteiger partial charge in [0.15, 0.2) is 0 Å². The number of para-hydroxylation sites is 3. The third kappa shape index (κ3) is 2.63. The maximum Gasteiger partial charge on any atom is 0.0598 e. The second-order valence-electron chi connectivity index (χ2n) is 10.5. The highest BCUT2D eigenvalue weighted by Crippen LogP contribution is 2.52. The lowest BCUT2D eigenvalue weighted by molar-refractivity contribution is 0.604. The van der Waals surface area contributed by atoms with Crippen LogP contribution in [0.2, 0.25) is 0 Å². The number of hydrogen-bond donors (Lipinski definition) is 0. The lowest BCUT2D eigenvalue weighted by atomic mass is 9.89. The average molecular weight is 476 g/mol. The molecule has 0 spiro atoms. The first kappa shape index (κ1) is 20.6. The van der Waals surface area contributed by atoms with E-state index in [1.807, 2.05) is 6.20 Å². The smallest absolute Gasteiger partial charge is 0.0598 e. The summed E-state index contributed by atoms with van der Waals surface area (Å²) in [6.45, 7) is 4.61. The van der Waals surface area contributed by atoms with E-state index in [4.69, 9.17) is 4.98 Å². The SMILES string of the molecule is CC1(C)c2ncccc2-c2c1n(-c1ccc3c(c1)c1ccccc1n3-c1ccccc1)c1ccccc21. The molecular formula is C34H25N3. The first-order chi connectivity index (χ1) is 18.1. The van der Waals surface area contributed by atoms with E-state index in [0.29, 0.717) is 0 Å². The van der Waals surface area contributed by atoms with Gasteiger partial charge in [0, 0.05) is 56.0 Å². The predicted molar refractivity (Wildman–Crippen MR) is 153 cm³/mol. The van der Waals surface area contributed by atoms with E-state index in [1.54, 1.807) is 0 Å². The lowest BCUT2D eigenvalue weighted by Crippen LogP contribution is -2.21. The minimum Gasteiger partial charge on any atom is -0.312 e. The number of benzene rings is 4. The summed E-state index contributed by atoms with van der Waals surface area (Å²) in [5, 5.41) is 3.81. The van der Waals surface area contributed by atoms with E-state index in [0.717, 1.165) is 5.69 Å². The molecule has 0 aliphatic heterocycles. The summed E-state index contributed by atoms with van der Waals surface area (Å²) >= 11 is 0. The van der Waals surface area contributed by atoms with Gasteiger partial charge in [-0.2, -0.15) is 0 Å². The van der Waals surface area contributed by atoms with Gasteiger partial charge in [0.2, 0.25) is 0 Å². The van der Waals surface area contributed by atoms with Crippen molar-refractivity contribution >= 4 is 32.7 Å². The standard InChI is InChI=1S/C34H25N3/c1-34(2)32-26(15-10-20-35-32)31-25-14-7-9-17-29(25)37(33(31)34)23-18-19-30-27(21-23)24-13-6-8-16-28(24)36(30)22-11-4-3-5-12-22/h3-21H,1-2H3. The first-order valence-electron chi connectivity index (χ1n) is 12.8. The van der Waals surface area contributed by atoms with E-state index in [9.17, 15) is 0 Å². The topological polar surface area (TPSA) is 22.8 Å². The van der Waals surface area contributed by atoms with Gasteiger partial charge in [-0.1, -0.05) is 60.7 Å². The van der Waals surface area contributed by atoms with Crippen LogP contribution in [0.1, 0.15) is 25.2 Å². The number of nitrogens with zero attached hydrogens (tertiary/aromatic N) is 3. The Balaban J connectivity index is 1.47. The molecule has 37 heavy (non-hydrogen) atoms. The van der Waals surface area contributed by atoms with Gasteiger partial charge in [-0.25, -0.2) is 0 Å². The molecule has 7 aromatic rings. The largest absolute Gasteiger partial charge is 0.312 e.